The summed E-state index contributed by atoms with van der Waals surface area (Å²) in [6.45, 7) is 10.3. The van der Waals surface area contributed by atoms with Crippen LogP contribution in [-0.2, 0) is 18.9 Å². The lowest BCUT2D eigenvalue weighted by Crippen LogP contribution is -2.12. The van der Waals surface area contributed by atoms with Crippen molar-refractivity contribution in [1.29, 1.82) is 0 Å². The molecule has 0 fully saturated rings. The molecule has 0 rings (SSSR count). The van der Waals surface area contributed by atoms with Crippen LogP contribution in [0.1, 0.15) is 187 Å². The summed E-state index contributed by atoms with van der Waals surface area (Å²) in [6, 6.07) is 0. The van der Waals surface area contributed by atoms with Gasteiger partial charge in [0.2, 0.25) is 0 Å². The normalized spacial score (nSPS) is 11.6. The molecule has 0 spiro atoms. The SMILES string of the molecule is CCCCCCCCCCCCCCCCOCCOCCOCCOCCCCCCCCCCCCCCC. The maximum absolute atomic E-state index is 5.70. The van der Waals surface area contributed by atoms with Gasteiger partial charge in [0, 0.05) is 13.2 Å². The van der Waals surface area contributed by atoms with Crippen LogP contribution < -0.4 is 0 Å². The smallest absolute Gasteiger partial charge is 0.0701 e. The minimum absolute atomic E-state index is 0.640. The van der Waals surface area contributed by atoms with Crippen LogP contribution in [0, 0.1) is 0 Å². The molecule has 0 aromatic rings. The highest BCUT2D eigenvalue weighted by atomic mass is 16.6. The quantitative estimate of drug-likeness (QED) is 0.0676. The van der Waals surface area contributed by atoms with Crippen LogP contribution in [0.25, 0.3) is 0 Å². The summed E-state index contributed by atoms with van der Waals surface area (Å²) >= 11 is 0. The van der Waals surface area contributed by atoms with Crippen LogP contribution in [0.2, 0.25) is 0 Å². The predicted octanol–water partition coefficient (Wildman–Crippen LogP) is 11.6. The lowest BCUT2D eigenvalue weighted by molar-refractivity contribution is -0.00248. The van der Waals surface area contributed by atoms with Gasteiger partial charge in [-0.3, -0.25) is 0 Å². The number of ether oxygens (including phenoxy) is 4. The number of rotatable bonds is 38. The molecule has 0 radical (unpaired) electrons. The van der Waals surface area contributed by atoms with Gasteiger partial charge < -0.3 is 18.9 Å². The van der Waals surface area contributed by atoms with Crippen molar-refractivity contribution in [2.75, 3.05) is 52.9 Å². The standard InChI is InChI=1S/C37H76O4/c1-3-5-7-9-11-13-15-17-19-21-23-25-27-29-31-39-33-35-41-37-36-40-34-32-38-30-28-26-24-22-20-18-16-14-12-10-8-6-4-2/h3-37H2,1-2H3. The Morgan fingerprint density at radius 3 is 0.585 bits per heavy atom. The van der Waals surface area contributed by atoms with Crippen LogP contribution in [0.4, 0.5) is 0 Å². The second kappa shape index (κ2) is 39.8. The van der Waals surface area contributed by atoms with Crippen LogP contribution >= 0.6 is 0 Å². The van der Waals surface area contributed by atoms with Gasteiger partial charge in [0.05, 0.1) is 39.6 Å². The minimum atomic E-state index is 0.640. The van der Waals surface area contributed by atoms with Crippen molar-refractivity contribution < 1.29 is 18.9 Å². The fourth-order valence-electron chi connectivity index (χ4n) is 5.38. The molecule has 0 saturated carbocycles. The minimum Gasteiger partial charge on any atom is -0.379 e. The van der Waals surface area contributed by atoms with Crippen LogP contribution in [0.15, 0.2) is 0 Å². The van der Waals surface area contributed by atoms with Gasteiger partial charge in [-0.2, -0.15) is 0 Å². The van der Waals surface area contributed by atoms with E-state index in [9.17, 15) is 0 Å². The van der Waals surface area contributed by atoms with Crippen molar-refractivity contribution >= 4 is 0 Å². The Morgan fingerprint density at radius 1 is 0.195 bits per heavy atom. The maximum atomic E-state index is 5.70. The third kappa shape index (κ3) is 39.8. The zero-order chi connectivity index (χ0) is 29.6. The zero-order valence-electron chi connectivity index (χ0n) is 28.4. The Morgan fingerprint density at radius 2 is 0.366 bits per heavy atom. The molecule has 41 heavy (non-hydrogen) atoms. The van der Waals surface area contributed by atoms with E-state index in [1.54, 1.807) is 0 Å². The molecule has 4 heteroatoms. The van der Waals surface area contributed by atoms with Crippen molar-refractivity contribution in [2.24, 2.45) is 0 Å². The Balaban J connectivity index is 3.02. The summed E-state index contributed by atoms with van der Waals surface area (Å²) in [5, 5.41) is 0. The molecule has 0 aliphatic heterocycles. The van der Waals surface area contributed by atoms with E-state index >= 15 is 0 Å². The van der Waals surface area contributed by atoms with E-state index in [4.69, 9.17) is 18.9 Å². The summed E-state index contributed by atoms with van der Waals surface area (Å²) in [7, 11) is 0. The number of unbranched alkanes of at least 4 members (excludes halogenated alkanes) is 25. The summed E-state index contributed by atoms with van der Waals surface area (Å²) in [5.41, 5.74) is 0. The van der Waals surface area contributed by atoms with Crippen molar-refractivity contribution in [3.8, 4) is 0 Å². The van der Waals surface area contributed by atoms with Crippen LogP contribution in [0.3, 0.4) is 0 Å². The molecule has 4 nitrogen and oxygen atoms in total. The van der Waals surface area contributed by atoms with E-state index in [0.29, 0.717) is 39.6 Å². The average Bonchev–Trinajstić information content (AvgIpc) is 2.98. The first-order chi connectivity index (χ1) is 20.4. The lowest BCUT2D eigenvalue weighted by Gasteiger charge is -2.08. The van der Waals surface area contributed by atoms with Gasteiger partial charge in [0.15, 0.2) is 0 Å². The van der Waals surface area contributed by atoms with Crippen molar-refractivity contribution in [3.63, 3.8) is 0 Å². The van der Waals surface area contributed by atoms with Crippen molar-refractivity contribution in [3.05, 3.63) is 0 Å². The van der Waals surface area contributed by atoms with Gasteiger partial charge in [0.1, 0.15) is 0 Å². The lowest BCUT2D eigenvalue weighted by atomic mass is 10.0. The molecule has 0 aliphatic carbocycles. The molecule has 0 unspecified atom stereocenters. The molecule has 248 valence electrons. The van der Waals surface area contributed by atoms with E-state index in [0.717, 1.165) is 13.2 Å². The molecular weight excluding hydrogens is 508 g/mol. The van der Waals surface area contributed by atoms with Gasteiger partial charge in [-0.15, -0.1) is 0 Å². The Bertz CT molecular complexity index is 393. The molecule has 0 bridgehead atoms. The third-order valence-electron chi connectivity index (χ3n) is 8.15. The van der Waals surface area contributed by atoms with E-state index in [-0.39, 0.29) is 0 Å². The zero-order valence-corrected chi connectivity index (χ0v) is 28.4. The van der Waals surface area contributed by atoms with Gasteiger partial charge in [-0.05, 0) is 12.8 Å². The Labute approximate surface area is 258 Å². The molecule has 0 heterocycles. The summed E-state index contributed by atoms with van der Waals surface area (Å²) < 4.78 is 22.6. The summed E-state index contributed by atoms with van der Waals surface area (Å²) in [4.78, 5) is 0. The van der Waals surface area contributed by atoms with E-state index in [2.05, 4.69) is 13.8 Å². The van der Waals surface area contributed by atoms with Crippen molar-refractivity contribution in [2.45, 2.75) is 187 Å². The van der Waals surface area contributed by atoms with E-state index in [1.165, 1.54) is 173 Å². The Kier molecular flexibility index (Phi) is 39.7. The molecule has 0 atom stereocenters. The van der Waals surface area contributed by atoms with Gasteiger partial charge in [-0.25, -0.2) is 0 Å². The highest BCUT2D eigenvalue weighted by molar-refractivity contribution is 4.50. The summed E-state index contributed by atoms with van der Waals surface area (Å²) in [5.74, 6) is 0. The number of hydrogen-bond donors (Lipinski definition) is 0. The highest BCUT2D eigenvalue weighted by Crippen LogP contribution is 2.14. The molecule has 0 aromatic carbocycles. The fourth-order valence-corrected chi connectivity index (χ4v) is 5.38. The maximum Gasteiger partial charge on any atom is 0.0701 e. The van der Waals surface area contributed by atoms with Gasteiger partial charge >= 0.3 is 0 Å². The molecule has 0 aliphatic rings. The predicted molar refractivity (Wildman–Crippen MR) is 179 cm³/mol. The van der Waals surface area contributed by atoms with Crippen LogP contribution in [0.5, 0.6) is 0 Å². The third-order valence-corrected chi connectivity index (χ3v) is 8.15. The Hall–Kier alpha value is -0.160. The van der Waals surface area contributed by atoms with E-state index in [1.807, 2.05) is 0 Å². The molecule has 0 amide bonds. The second-order valence-electron chi connectivity index (χ2n) is 12.3. The fraction of sp³-hybridized carbons (Fsp3) is 1.00. The first-order valence-corrected chi connectivity index (χ1v) is 18.7. The van der Waals surface area contributed by atoms with Gasteiger partial charge in [-0.1, -0.05) is 174 Å². The first kappa shape index (κ1) is 40.8. The monoisotopic (exact) mass is 585 g/mol. The van der Waals surface area contributed by atoms with E-state index < -0.39 is 0 Å². The first-order valence-electron chi connectivity index (χ1n) is 18.7. The van der Waals surface area contributed by atoms with Crippen molar-refractivity contribution in [1.82, 2.24) is 0 Å². The van der Waals surface area contributed by atoms with Crippen LogP contribution in [-0.4, -0.2) is 52.9 Å². The molecule has 0 aromatic heterocycles. The molecule has 0 N–H and O–H groups in total. The molecule has 0 saturated heterocycles. The summed E-state index contributed by atoms with van der Waals surface area (Å²) in [6.07, 6.45) is 37.6. The largest absolute Gasteiger partial charge is 0.379 e. The topological polar surface area (TPSA) is 36.9 Å². The van der Waals surface area contributed by atoms with Gasteiger partial charge in [0.25, 0.3) is 0 Å². The second-order valence-corrected chi connectivity index (χ2v) is 12.3. The molecular formula is C37H76O4. The highest BCUT2D eigenvalue weighted by Gasteiger charge is 1.97. The number of hydrogen-bond acceptors (Lipinski definition) is 4. The average molecular weight is 585 g/mol.